The fraction of sp³-hybridized carbons (Fsp3) is 0.381. The molecule has 134 valence electrons. The van der Waals surface area contributed by atoms with E-state index >= 15 is 0 Å². The molecule has 3 heterocycles. The van der Waals surface area contributed by atoms with Crippen molar-refractivity contribution in [2.45, 2.75) is 12.5 Å². The molecule has 4 nitrogen and oxygen atoms in total. The number of benzene rings is 2. The second-order valence-corrected chi connectivity index (χ2v) is 8.05. The van der Waals surface area contributed by atoms with Crippen molar-refractivity contribution >= 4 is 33.1 Å². The monoisotopic (exact) mass is 364 g/mol. The smallest absolute Gasteiger partial charge is 0.150 e. The largest absolute Gasteiger partial charge is 0.370 e. The fourth-order valence-electron chi connectivity index (χ4n) is 4.31. The molecule has 2 saturated heterocycles. The SMILES string of the molecule is c1ccc(N2CCC(N3CCN(c4nsc5ccccc45)CC3)C2)cc1. The first-order valence-corrected chi connectivity index (χ1v) is 10.3. The van der Waals surface area contributed by atoms with Crippen LogP contribution in [0.1, 0.15) is 6.42 Å². The van der Waals surface area contributed by atoms with Crippen molar-refractivity contribution in [3.63, 3.8) is 0 Å². The van der Waals surface area contributed by atoms with Crippen LogP contribution in [0.3, 0.4) is 0 Å². The third-order valence-corrected chi connectivity index (χ3v) is 6.59. The fourth-order valence-corrected chi connectivity index (χ4v) is 5.11. The van der Waals surface area contributed by atoms with Crippen LogP contribution >= 0.6 is 11.5 Å². The molecule has 1 unspecified atom stereocenters. The van der Waals surface area contributed by atoms with Gasteiger partial charge < -0.3 is 9.80 Å². The van der Waals surface area contributed by atoms with Crippen LogP contribution in [0.5, 0.6) is 0 Å². The maximum atomic E-state index is 4.73. The van der Waals surface area contributed by atoms with Crippen molar-refractivity contribution in [2.75, 3.05) is 49.1 Å². The highest BCUT2D eigenvalue weighted by Gasteiger charge is 2.30. The molecule has 2 aliphatic heterocycles. The van der Waals surface area contributed by atoms with E-state index in [2.05, 4.69) is 69.3 Å². The lowest BCUT2D eigenvalue weighted by molar-refractivity contribution is 0.198. The zero-order valence-corrected chi connectivity index (χ0v) is 15.7. The first-order valence-electron chi connectivity index (χ1n) is 9.52. The Balaban J connectivity index is 1.22. The minimum absolute atomic E-state index is 0.685. The summed E-state index contributed by atoms with van der Waals surface area (Å²) in [5, 5.41) is 1.31. The van der Waals surface area contributed by atoms with Gasteiger partial charge in [-0.2, -0.15) is 4.37 Å². The number of piperazine rings is 1. The lowest BCUT2D eigenvalue weighted by atomic mass is 10.2. The van der Waals surface area contributed by atoms with E-state index in [1.165, 1.54) is 34.6 Å². The highest BCUT2D eigenvalue weighted by molar-refractivity contribution is 7.13. The van der Waals surface area contributed by atoms with E-state index in [0.717, 1.165) is 32.7 Å². The molecule has 1 aromatic heterocycles. The van der Waals surface area contributed by atoms with Crippen LogP contribution in [-0.2, 0) is 0 Å². The van der Waals surface area contributed by atoms with Gasteiger partial charge in [0.15, 0.2) is 0 Å². The molecule has 0 amide bonds. The average molecular weight is 365 g/mol. The second kappa shape index (κ2) is 6.89. The molecule has 2 aliphatic rings. The predicted octanol–water partition coefficient (Wildman–Crippen LogP) is 3.70. The Labute approximate surface area is 158 Å². The Morgan fingerprint density at radius 1 is 0.808 bits per heavy atom. The molecule has 0 bridgehead atoms. The van der Waals surface area contributed by atoms with Crippen LogP contribution in [0.2, 0.25) is 0 Å². The molecule has 5 rings (SSSR count). The van der Waals surface area contributed by atoms with E-state index in [4.69, 9.17) is 4.37 Å². The molecule has 0 spiro atoms. The van der Waals surface area contributed by atoms with E-state index in [9.17, 15) is 0 Å². The van der Waals surface area contributed by atoms with Crippen LogP contribution in [0.25, 0.3) is 10.1 Å². The molecule has 2 aromatic carbocycles. The highest BCUT2D eigenvalue weighted by Crippen LogP contribution is 2.30. The molecule has 3 aromatic rings. The Bertz CT molecular complexity index is 870. The summed E-state index contributed by atoms with van der Waals surface area (Å²) in [6.07, 6.45) is 1.27. The molecule has 1 atom stereocenters. The molecular formula is C21H24N4S. The van der Waals surface area contributed by atoms with Gasteiger partial charge in [-0.25, -0.2) is 0 Å². The molecule has 26 heavy (non-hydrogen) atoms. The van der Waals surface area contributed by atoms with E-state index in [1.807, 2.05) is 0 Å². The Hall–Kier alpha value is -2.11. The average Bonchev–Trinajstić information content (AvgIpc) is 3.36. The van der Waals surface area contributed by atoms with E-state index in [-0.39, 0.29) is 0 Å². The van der Waals surface area contributed by atoms with Gasteiger partial charge in [0.1, 0.15) is 5.82 Å². The van der Waals surface area contributed by atoms with Gasteiger partial charge in [0.05, 0.1) is 4.70 Å². The van der Waals surface area contributed by atoms with Crippen molar-refractivity contribution in [1.82, 2.24) is 9.27 Å². The van der Waals surface area contributed by atoms with Gasteiger partial charge in [0.2, 0.25) is 0 Å². The number of nitrogens with zero attached hydrogens (tertiary/aromatic N) is 4. The molecule has 0 saturated carbocycles. The summed E-state index contributed by atoms with van der Waals surface area (Å²) < 4.78 is 6.03. The van der Waals surface area contributed by atoms with Crippen LogP contribution in [0.15, 0.2) is 54.6 Å². The van der Waals surface area contributed by atoms with Crippen LogP contribution in [0.4, 0.5) is 11.5 Å². The van der Waals surface area contributed by atoms with Crippen molar-refractivity contribution in [3.05, 3.63) is 54.6 Å². The molecular weight excluding hydrogens is 340 g/mol. The summed E-state index contributed by atoms with van der Waals surface area (Å²) in [4.78, 5) is 7.69. The summed E-state index contributed by atoms with van der Waals surface area (Å²) in [5.41, 5.74) is 1.36. The second-order valence-electron chi connectivity index (χ2n) is 7.25. The highest BCUT2D eigenvalue weighted by atomic mass is 32.1. The summed E-state index contributed by atoms with van der Waals surface area (Å²) >= 11 is 1.62. The third kappa shape index (κ3) is 2.95. The topological polar surface area (TPSA) is 22.6 Å². The van der Waals surface area contributed by atoms with Crippen molar-refractivity contribution in [3.8, 4) is 0 Å². The molecule has 5 heteroatoms. The number of rotatable bonds is 3. The van der Waals surface area contributed by atoms with Gasteiger partial charge in [-0.15, -0.1) is 0 Å². The van der Waals surface area contributed by atoms with E-state index in [1.54, 1.807) is 11.5 Å². The number of hydrogen-bond acceptors (Lipinski definition) is 5. The van der Waals surface area contributed by atoms with Gasteiger partial charge in [0, 0.05) is 56.4 Å². The number of anilines is 2. The molecule has 0 radical (unpaired) electrons. The summed E-state index contributed by atoms with van der Waals surface area (Å²) in [5.74, 6) is 1.18. The summed E-state index contributed by atoms with van der Waals surface area (Å²) in [6, 6.07) is 20.1. The minimum atomic E-state index is 0.685. The zero-order valence-electron chi connectivity index (χ0n) is 14.9. The zero-order chi connectivity index (χ0) is 17.3. The Kier molecular flexibility index (Phi) is 4.27. The van der Waals surface area contributed by atoms with Crippen molar-refractivity contribution < 1.29 is 0 Å². The molecule has 0 aliphatic carbocycles. The quantitative estimate of drug-likeness (QED) is 0.707. The van der Waals surface area contributed by atoms with Gasteiger partial charge in [-0.3, -0.25) is 4.90 Å². The van der Waals surface area contributed by atoms with Gasteiger partial charge in [-0.1, -0.05) is 30.3 Å². The van der Waals surface area contributed by atoms with E-state index < -0.39 is 0 Å². The van der Waals surface area contributed by atoms with E-state index in [0.29, 0.717) is 6.04 Å². The van der Waals surface area contributed by atoms with Crippen LogP contribution in [0, 0.1) is 0 Å². The minimum Gasteiger partial charge on any atom is -0.370 e. The predicted molar refractivity (Wildman–Crippen MR) is 110 cm³/mol. The number of para-hydroxylation sites is 1. The Morgan fingerprint density at radius 3 is 2.42 bits per heavy atom. The van der Waals surface area contributed by atoms with Gasteiger partial charge in [-0.05, 0) is 42.2 Å². The summed E-state index contributed by atoms with van der Waals surface area (Å²) in [7, 11) is 0. The lowest BCUT2D eigenvalue weighted by Crippen LogP contribution is -2.51. The number of hydrogen-bond donors (Lipinski definition) is 0. The van der Waals surface area contributed by atoms with Crippen molar-refractivity contribution in [2.24, 2.45) is 0 Å². The lowest BCUT2D eigenvalue weighted by Gasteiger charge is -2.38. The van der Waals surface area contributed by atoms with Gasteiger partial charge >= 0.3 is 0 Å². The maximum Gasteiger partial charge on any atom is 0.150 e. The van der Waals surface area contributed by atoms with Crippen molar-refractivity contribution in [1.29, 1.82) is 0 Å². The first-order chi connectivity index (χ1) is 12.9. The third-order valence-electron chi connectivity index (χ3n) is 5.77. The molecule has 0 N–H and O–H groups in total. The molecule has 2 fully saturated rings. The summed E-state index contributed by atoms with van der Waals surface area (Å²) in [6.45, 7) is 6.76. The normalized spacial score (nSPS) is 21.6. The standard InChI is InChI=1S/C21H24N4S/c1-2-6-17(7-3-1)25-11-10-18(16-25)23-12-14-24(15-13-23)21-19-8-4-5-9-20(19)26-22-21/h1-9,18H,10-16H2. The number of fused-ring (bicyclic) bond motifs is 1. The first kappa shape index (κ1) is 16.1. The Morgan fingerprint density at radius 2 is 1.58 bits per heavy atom. The number of aromatic nitrogens is 1. The maximum absolute atomic E-state index is 4.73. The van der Waals surface area contributed by atoms with Gasteiger partial charge in [0.25, 0.3) is 0 Å². The van der Waals surface area contributed by atoms with Crippen LogP contribution < -0.4 is 9.80 Å². The van der Waals surface area contributed by atoms with Crippen LogP contribution in [-0.4, -0.2) is 54.6 Å².